The molecule has 2 aromatic carbocycles. The van der Waals surface area contributed by atoms with Crippen LogP contribution in [0.15, 0.2) is 36.4 Å². The number of halogens is 3. The van der Waals surface area contributed by atoms with Crippen molar-refractivity contribution in [2.75, 3.05) is 5.32 Å². The van der Waals surface area contributed by atoms with Gasteiger partial charge in [0.25, 0.3) is 0 Å². The topological polar surface area (TPSA) is 29.9 Å². The van der Waals surface area contributed by atoms with Gasteiger partial charge in [-0.05, 0) is 63.9 Å². The van der Waals surface area contributed by atoms with E-state index in [1.54, 1.807) is 19.9 Å². The van der Waals surface area contributed by atoms with Gasteiger partial charge in [-0.1, -0.05) is 50.1 Å². The van der Waals surface area contributed by atoms with Crippen molar-refractivity contribution in [3.05, 3.63) is 70.0 Å². The predicted molar refractivity (Wildman–Crippen MR) is 128 cm³/mol. The Morgan fingerprint density at radius 1 is 1.13 bits per heavy atom. The quantitative estimate of drug-likeness (QED) is 0.436. The van der Waals surface area contributed by atoms with Crippen LogP contribution in [0.5, 0.6) is 0 Å². The molecule has 1 heterocycles. The SMILES string of the molecule is C/C=C(/C)n1c(C)nc(-c2c(F)cc(C)cc2F)c1Nc1c(C)cccc1Cl.CCC. The second-order valence-corrected chi connectivity index (χ2v) is 7.90. The Bertz CT molecular complexity index is 1060. The molecule has 0 spiro atoms. The molecule has 1 N–H and O–H groups in total. The van der Waals surface area contributed by atoms with E-state index < -0.39 is 11.6 Å². The Balaban J connectivity index is 0.00000107. The summed E-state index contributed by atoms with van der Waals surface area (Å²) in [5, 5.41) is 3.79. The number of rotatable bonds is 4. The summed E-state index contributed by atoms with van der Waals surface area (Å²) >= 11 is 6.38. The molecule has 3 nitrogen and oxygen atoms in total. The van der Waals surface area contributed by atoms with Gasteiger partial charge in [0.15, 0.2) is 0 Å². The van der Waals surface area contributed by atoms with Crippen LogP contribution >= 0.6 is 11.6 Å². The van der Waals surface area contributed by atoms with Gasteiger partial charge in [-0.3, -0.25) is 4.57 Å². The summed E-state index contributed by atoms with van der Waals surface area (Å²) in [6.45, 7) is 13.4. The highest BCUT2D eigenvalue weighted by Gasteiger charge is 2.24. The maximum Gasteiger partial charge on any atom is 0.143 e. The molecule has 3 rings (SSSR count). The highest BCUT2D eigenvalue weighted by Crippen LogP contribution is 2.38. The van der Waals surface area contributed by atoms with Crippen LogP contribution in [0.4, 0.5) is 20.3 Å². The minimum Gasteiger partial charge on any atom is -0.338 e. The van der Waals surface area contributed by atoms with Crippen molar-refractivity contribution in [1.29, 1.82) is 0 Å². The van der Waals surface area contributed by atoms with Gasteiger partial charge in [-0.15, -0.1) is 0 Å². The molecule has 0 aliphatic heterocycles. The molecular formula is C25H30ClF2N3. The molecule has 3 aromatic rings. The third kappa shape index (κ3) is 5.34. The van der Waals surface area contributed by atoms with E-state index in [0.717, 1.165) is 11.3 Å². The zero-order valence-electron chi connectivity index (χ0n) is 19.2. The lowest BCUT2D eigenvalue weighted by molar-refractivity contribution is 0.587. The third-order valence-electron chi connectivity index (χ3n) is 4.70. The minimum atomic E-state index is -0.654. The van der Waals surface area contributed by atoms with Crippen LogP contribution < -0.4 is 5.32 Å². The largest absolute Gasteiger partial charge is 0.338 e. The van der Waals surface area contributed by atoms with Crippen molar-refractivity contribution in [2.24, 2.45) is 0 Å². The summed E-state index contributed by atoms with van der Waals surface area (Å²) in [6.07, 6.45) is 3.16. The number of nitrogens with one attached hydrogen (secondary N) is 1. The zero-order valence-corrected chi connectivity index (χ0v) is 20.0. The summed E-state index contributed by atoms with van der Waals surface area (Å²) in [5.41, 5.74) is 3.00. The van der Waals surface area contributed by atoms with E-state index in [4.69, 9.17) is 11.6 Å². The van der Waals surface area contributed by atoms with Gasteiger partial charge in [-0.25, -0.2) is 13.8 Å². The third-order valence-corrected chi connectivity index (χ3v) is 5.02. The lowest BCUT2D eigenvalue weighted by atomic mass is 10.1. The van der Waals surface area contributed by atoms with Crippen molar-refractivity contribution in [3.8, 4) is 11.3 Å². The first kappa shape index (κ1) is 24.6. The second kappa shape index (κ2) is 10.6. The average molecular weight is 446 g/mol. The van der Waals surface area contributed by atoms with E-state index in [0.29, 0.717) is 27.9 Å². The van der Waals surface area contributed by atoms with Gasteiger partial charge >= 0.3 is 0 Å². The van der Waals surface area contributed by atoms with Crippen molar-refractivity contribution in [2.45, 2.75) is 54.9 Å². The molecule has 31 heavy (non-hydrogen) atoms. The summed E-state index contributed by atoms with van der Waals surface area (Å²) < 4.78 is 31.3. The zero-order chi connectivity index (χ0) is 23.3. The number of hydrogen-bond donors (Lipinski definition) is 1. The number of anilines is 2. The fraction of sp³-hybridized carbons (Fsp3) is 0.320. The molecular weight excluding hydrogens is 416 g/mol. The summed E-state index contributed by atoms with van der Waals surface area (Å²) in [4.78, 5) is 4.49. The molecule has 0 saturated heterocycles. The van der Waals surface area contributed by atoms with Gasteiger partial charge in [-0.2, -0.15) is 0 Å². The first-order valence-corrected chi connectivity index (χ1v) is 10.7. The van der Waals surface area contributed by atoms with E-state index in [-0.39, 0.29) is 11.3 Å². The van der Waals surface area contributed by atoms with E-state index in [9.17, 15) is 8.78 Å². The molecule has 1 aromatic heterocycles. The Morgan fingerprint density at radius 2 is 1.71 bits per heavy atom. The minimum absolute atomic E-state index is 0.163. The van der Waals surface area contributed by atoms with E-state index in [1.807, 2.05) is 43.5 Å². The van der Waals surface area contributed by atoms with Crippen LogP contribution in [0.1, 0.15) is 51.1 Å². The number of aryl methyl sites for hydroxylation is 3. The Kier molecular flexibility index (Phi) is 8.40. The van der Waals surface area contributed by atoms with Crippen LogP contribution in [0.3, 0.4) is 0 Å². The van der Waals surface area contributed by atoms with Crippen molar-refractivity contribution >= 4 is 28.8 Å². The summed E-state index contributed by atoms with van der Waals surface area (Å²) in [6, 6.07) is 8.14. The average Bonchev–Trinajstić information content (AvgIpc) is 2.99. The number of imidazole rings is 1. The first-order valence-electron chi connectivity index (χ1n) is 10.4. The first-order chi connectivity index (χ1) is 14.7. The van der Waals surface area contributed by atoms with Crippen LogP contribution in [0.2, 0.25) is 5.02 Å². The van der Waals surface area contributed by atoms with E-state index in [1.165, 1.54) is 18.6 Å². The van der Waals surface area contributed by atoms with E-state index >= 15 is 0 Å². The number of hydrogen-bond acceptors (Lipinski definition) is 2. The Labute approximate surface area is 188 Å². The van der Waals surface area contributed by atoms with Crippen molar-refractivity contribution in [3.63, 3.8) is 0 Å². The number of allylic oxidation sites excluding steroid dienone is 2. The van der Waals surface area contributed by atoms with Crippen LogP contribution in [-0.2, 0) is 0 Å². The molecule has 166 valence electrons. The van der Waals surface area contributed by atoms with Gasteiger partial charge in [0.05, 0.1) is 16.3 Å². The maximum atomic E-state index is 14.7. The highest BCUT2D eigenvalue weighted by atomic mass is 35.5. The smallest absolute Gasteiger partial charge is 0.143 e. The molecule has 0 unspecified atom stereocenters. The Morgan fingerprint density at radius 3 is 2.23 bits per heavy atom. The van der Waals surface area contributed by atoms with Crippen LogP contribution in [0.25, 0.3) is 17.0 Å². The molecule has 0 aliphatic carbocycles. The molecule has 0 atom stereocenters. The molecule has 0 saturated carbocycles. The maximum absolute atomic E-state index is 14.7. The standard InChI is InChI=1S/C22H22ClF2N3.C3H8/c1-6-14(4)28-15(5)26-21(19-17(24)10-12(2)11-18(19)25)22(28)27-20-13(3)8-7-9-16(20)23;1-3-2/h6-11,27H,1-5H3;3H2,1-2H3/b14-6-;. The monoisotopic (exact) mass is 445 g/mol. The van der Waals surface area contributed by atoms with Crippen molar-refractivity contribution in [1.82, 2.24) is 9.55 Å². The van der Waals surface area contributed by atoms with Gasteiger partial charge in [0.2, 0.25) is 0 Å². The molecule has 0 aliphatic rings. The number of benzene rings is 2. The molecule has 0 fully saturated rings. The summed E-state index contributed by atoms with van der Waals surface area (Å²) in [7, 11) is 0. The number of nitrogens with zero attached hydrogens (tertiary/aromatic N) is 2. The predicted octanol–water partition coefficient (Wildman–Crippen LogP) is 8.45. The number of aromatic nitrogens is 2. The van der Waals surface area contributed by atoms with Crippen LogP contribution in [-0.4, -0.2) is 9.55 Å². The lowest BCUT2D eigenvalue weighted by Crippen LogP contribution is -2.05. The normalized spacial score (nSPS) is 11.2. The van der Waals surface area contributed by atoms with Crippen LogP contribution in [0, 0.1) is 32.4 Å². The summed E-state index contributed by atoms with van der Waals surface area (Å²) in [5.74, 6) is -0.235. The fourth-order valence-corrected chi connectivity index (χ4v) is 3.49. The molecule has 6 heteroatoms. The molecule has 0 radical (unpaired) electrons. The number of para-hydroxylation sites is 1. The van der Waals surface area contributed by atoms with Gasteiger partial charge in [0.1, 0.15) is 29.0 Å². The lowest BCUT2D eigenvalue weighted by Gasteiger charge is -2.17. The molecule has 0 bridgehead atoms. The Hall–Kier alpha value is -2.66. The highest BCUT2D eigenvalue weighted by molar-refractivity contribution is 6.33. The van der Waals surface area contributed by atoms with Gasteiger partial charge in [0, 0.05) is 5.70 Å². The molecule has 0 amide bonds. The van der Waals surface area contributed by atoms with Gasteiger partial charge < -0.3 is 5.32 Å². The second-order valence-electron chi connectivity index (χ2n) is 7.49. The van der Waals surface area contributed by atoms with E-state index in [2.05, 4.69) is 24.1 Å². The van der Waals surface area contributed by atoms with Crippen molar-refractivity contribution < 1.29 is 8.78 Å². The fourth-order valence-electron chi connectivity index (χ4n) is 3.22.